The third-order valence-corrected chi connectivity index (χ3v) is 5.06. The first-order chi connectivity index (χ1) is 10.5. The average Bonchev–Trinajstić information content (AvgIpc) is 2.96. The van der Waals surface area contributed by atoms with Gasteiger partial charge in [-0.2, -0.15) is 0 Å². The third-order valence-electron chi connectivity index (χ3n) is 5.06. The highest BCUT2D eigenvalue weighted by Gasteiger charge is 2.45. The van der Waals surface area contributed by atoms with Gasteiger partial charge in [-0.25, -0.2) is 14.4 Å². The van der Waals surface area contributed by atoms with Crippen LogP contribution >= 0.6 is 0 Å². The first kappa shape index (κ1) is 15.6. The highest BCUT2D eigenvalue weighted by molar-refractivity contribution is 5.44. The molecule has 3 rings (SSSR count). The molecule has 5 nitrogen and oxygen atoms in total. The normalized spacial score (nSPS) is 32.5. The van der Waals surface area contributed by atoms with E-state index in [1.54, 1.807) is 0 Å². The molecule has 0 radical (unpaired) electrons. The lowest BCUT2D eigenvalue weighted by Gasteiger charge is -2.43. The first-order valence-corrected chi connectivity index (χ1v) is 8.10. The van der Waals surface area contributed by atoms with Gasteiger partial charge in [-0.1, -0.05) is 6.92 Å². The van der Waals surface area contributed by atoms with Gasteiger partial charge in [0.1, 0.15) is 6.33 Å². The number of anilines is 1. The number of aryl methyl sites for hydroxylation is 1. The summed E-state index contributed by atoms with van der Waals surface area (Å²) in [5.41, 5.74) is -0.329. The van der Waals surface area contributed by atoms with Crippen molar-refractivity contribution in [1.82, 2.24) is 9.97 Å². The molecule has 0 unspecified atom stereocenters. The van der Waals surface area contributed by atoms with Crippen molar-refractivity contribution < 1.29 is 14.2 Å². The van der Waals surface area contributed by atoms with E-state index in [9.17, 15) is 9.50 Å². The van der Waals surface area contributed by atoms with Gasteiger partial charge in [-0.3, -0.25) is 0 Å². The fraction of sp³-hybridized carbons (Fsp3) is 0.750. The quantitative estimate of drug-likeness (QED) is 0.924. The van der Waals surface area contributed by atoms with E-state index in [1.807, 2.05) is 18.7 Å². The minimum Gasteiger partial charge on any atom is -0.390 e. The van der Waals surface area contributed by atoms with E-state index < -0.39 is 5.60 Å². The number of ether oxygens (including phenoxy) is 1. The van der Waals surface area contributed by atoms with Gasteiger partial charge < -0.3 is 14.7 Å². The Kier molecular flexibility index (Phi) is 4.32. The Bertz CT molecular complexity index is 538. The van der Waals surface area contributed by atoms with Crippen molar-refractivity contribution >= 4 is 5.82 Å². The number of hydrogen-bond donors (Lipinski definition) is 1. The van der Waals surface area contributed by atoms with E-state index in [-0.39, 0.29) is 17.8 Å². The summed E-state index contributed by atoms with van der Waals surface area (Å²) in [5.74, 6) is 0.0205. The molecule has 22 heavy (non-hydrogen) atoms. The molecular formula is C16H24FN3O2. The van der Waals surface area contributed by atoms with E-state index in [4.69, 9.17) is 4.74 Å². The zero-order valence-electron chi connectivity index (χ0n) is 13.3. The number of halogens is 1. The van der Waals surface area contributed by atoms with E-state index in [2.05, 4.69) is 9.97 Å². The average molecular weight is 309 g/mol. The van der Waals surface area contributed by atoms with Gasteiger partial charge in [0.2, 0.25) is 0 Å². The second kappa shape index (κ2) is 6.08. The largest absolute Gasteiger partial charge is 0.390 e. The van der Waals surface area contributed by atoms with Gasteiger partial charge >= 0.3 is 0 Å². The number of aromatic nitrogens is 2. The van der Waals surface area contributed by atoms with Crippen LogP contribution in [0.25, 0.3) is 0 Å². The number of rotatable bonds is 3. The number of nitrogens with zero attached hydrogens (tertiary/aromatic N) is 3. The molecule has 2 aliphatic rings. The van der Waals surface area contributed by atoms with Gasteiger partial charge in [0, 0.05) is 25.1 Å². The smallest absolute Gasteiger partial charge is 0.187 e. The van der Waals surface area contributed by atoms with Crippen LogP contribution in [0, 0.1) is 11.7 Å². The van der Waals surface area contributed by atoms with Crippen molar-refractivity contribution in [2.24, 2.45) is 5.92 Å². The molecule has 122 valence electrons. The van der Waals surface area contributed by atoms with Crippen molar-refractivity contribution in [2.45, 2.75) is 51.2 Å². The van der Waals surface area contributed by atoms with Crippen LogP contribution in [0.4, 0.5) is 10.2 Å². The molecule has 0 spiro atoms. The number of hydrogen-bond acceptors (Lipinski definition) is 5. The van der Waals surface area contributed by atoms with Crippen molar-refractivity contribution in [3.05, 3.63) is 17.8 Å². The minimum absolute atomic E-state index is 0.0248. The molecule has 1 N–H and O–H groups in total. The molecule has 0 bridgehead atoms. The second-order valence-electron chi connectivity index (χ2n) is 6.50. The summed E-state index contributed by atoms with van der Waals surface area (Å²) in [5, 5.41) is 10.7. The lowest BCUT2D eigenvalue weighted by molar-refractivity contribution is -0.108. The molecule has 3 atom stereocenters. The zero-order chi connectivity index (χ0) is 15.7. The lowest BCUT2D eigenvalue weighted by atomic mass is 9.79. The molecular weight excluding hydrogens is 285 g/mol. The van der Waals surface area contributed by atoms with E-state index in [0.29, 0.717) is 37.6 Å². The topological polar surface area (TPSA) is 58.5 Å². The summed E-state index contributed by atoms with van der Waals surface area (Å²) >= 11 is 0. The van der Waals surface area contributed by atoms with Gasteiger partial charge in [0.25, 0.3) is 0 Å². The Labute approximate surface area is 130 Å². The molecule has 0 saturated carbocycles. The van der Waals surface area contributed by atoms with Crippen LogP contribution in [-0.4, -0.2) is 46.5 Å². The third kappa shape index (κ3) is 2.70. The van der Waals surface area contributed by atoms with Crippen LogP contribution in [0.2, 0.25) is 0 Å². The van der Waals surface area contributed by atoms with Crippen LogP contribution in [0.15, 0.2) is 6.33 Å². The predicted octanol–water partition coefficient (Wildman–Crippen LogP) is 1.93. The van der Waals surface area contributed by atoms with E-state index >= 15 is 0 Å². The van der Waals surface area contributed by atoms with Crippen molar-refractivity contribution in [2.75, 3.05) is 24.7 Å². The molecule has 6 heteroatoms. The van der Waals surface area contributed by atoms with Crippen molar-refractivity contribution in [3.8, 4) is 0 Å². The molecule has 2 aliphatic heterocycles. The Morgan fingerprint density at radius 2 is 2.32 bits per heavy atom. The number of aliphatic hydroxyl groups is 1. The highest BCUT2D eigenvalue weighted by atomic mass is 19.1. The fourth-order valence-corrected chi connectivity index (χ4v) is 3.70. The van der Waals surface area contributed by atoms with Gasteiger partial charge in [0.15, 0.2) is 11.6 Å². The molecule has 3 heterocycles. The summed E-state index contributed by atoms with van der Waals surface area (Å²) in [6.45, 7) is 5.61. The van der Waals surface area contributed by atoms with E-state index in [1.165, 1.54) is 6.33 Å². The van der Waals surface area contributed by atoms with Crippen LogP contribution in [0.3, 0.4) is 0 Å². The lowest BCUT2D eigenvalue weighted by Crippen LogP contribution is -2.53. The Morgan fingerprint density at radius 1 is 1.50 bits per heavy atom. The standard InChI is InChI=1S/C16H24FN3O2/c1-3-12-14(17)15(19-10-18-12)20-7-4-5-13(20)11-9-22-8-6-16(11,2)21/h10-11,13,21H,3-9H2,1-2H3/t11-,13+,16-/m0/s1. The summed E-state index contributed by atoms with van der Waals surface area (Å²) in [7, 11) is 0. The molecule has 1 aromatic rings. The summed E-state index contributed by atoms with van der Waals surface area (Å²) < 4.78 is 20.2. The fourth-order valence-electron chi connectivity index (χ4n) is 3.70. The maximum absolute atomic E-state index is 14.6. The van der Waals surface area contributed by atoms with Gasteiger partial charge in [-0.05, 0) is 32.6 Å². The Balaban J connectivity index is 1.90. The second-order valence-corrected chi connectivity index (χ2v) is 6.50. The Hall–Kier alpha value is -1.27. The van der Waals surface area contributed by atoms with Crippen LogP contribution in [0.5, 0.6) is 0 Å². The monoisotopic (exact) mass is 309 g/mol. The van der Waals surface area contributed by atoms with Crippen LogP contribution < -0.4 is 4.90 Å². The zero-order valence-corrected chi connectivity index (χ0v) is 13.3. The van der Waals surface area contributed by atoms with Crippen LogP contribution in [-0.2, 0) is 11.2 Å². The van der Waals surface area contributed by atoms with Gasteiger partial charge in [-0.15, -0.1) is 0 Å². The maximum Gasteiger partial charge on any atom is 0.187 e. The molecule has 1 aromatic heterocycles. The van der Waals surface area contributed by atoms with E-state index in [0.717, 1.165) is 19.4 Å². The molecule has 2 saturated heterocycles. The van der Waals surface area contributed by atoms with Crippen molar-refractivity contribution in [1.29, 1.82) is 0 Å². The molecule has 0 amide bonds. The van der Waals surface area contributed by atoms with Crippen LogP contribution in [0.1, 0.15) is 38.8 Å². The minimum atomic E-state index is -0.775. The first-order valence-electron chi connectivity index (χ1n) is 8.10. The Morgan fingerprint density at radius 3 is 3.05 bits per heavy atom. The highest BCUT2D eigenvalue weighted by Crippen LogP contribution is 2.38. The summed E-state index contributed by atoms with van der Waals surface area (Å²) in [6.07, 6.45) is 4.50. The van der Waals surface area contributed by atoms with Crippen molar-refractivity contribution in [3.63, 3.8) is 0 Å². The summed E-state index contributed by atoms with van der Waals surface area (Å²) in [6, 6.07) is 0.0596. The molecule has 0 aromatic carbocycles. The molecule has 2 fully saturated rings. The summed E-state index contributed by atoms with van der Waals surface area (Å²) in [4.78, 5) is 10.2. The predicted molar refractivity (Wildman–Crippen MR) is 81.3 cm³/mol. The van der Waals surface area contributed by atoms with Gasteiger partial charge in [0.05, 0.1) is 17.9 Å². The maximum atomic E-state index is 14.6. The SMILES string of the molecule is CCc1ncnc(N2CCC[C@@H]2[C@@H]2COCC[C@]2(C)O)c1F. The molecule has 0 aliphatic carbocycles.